The number of benzene rings is 2. The molecule has 3 aromatic rings. The van der Waals surface area contributed by atoms with Crippen LogP contribution in [0.4, 0.5) is 5.82 Å². The first-order valence-electron chi connectivity index (χ1n) is 21.0. The molecule has 16 heteroatoms. The van der Waals surface area contributed by atoms with Crippen molar-refractivity contribution in [3.63, 3.8) is 0 Å². The fourth-order valence-corrected chi connectivity index (χ4v) is 12.6. The van der Waals surface area contributed by atoms with Crippen LogP contribution >= 0.6 is 0 Å². The normalized spacial score (nSPS) is 21.8. The van der Waals surface area contributed by atoms with Crippen molar-refractivity contribution in [3.8, 4) is 11.1 Å². The fourth-order valence-electron chi connectivity index (χ4n) is 9.67. The minimum atomic E-state index is -4.13. The molecule has 7 rings (SSSR count). The van der Waals surface area contributed by atoms with Crippen molar-refractivity contribution in [2.24, 2.45) is 21.7 Å². The summed E-state index contributed by atoms with van der Waals surface area (Å²) in [6, 6.07) is 12.8. The molecule has 1 N–H and O–H groups in total. The first-order valence-corrected chi connectivity index (χ1v) is 24.0. The van der Waals surface area contributed by atoms with Gasteiger partial charge in [-0.15, -0.1) is 0 Å². The van der Waals surface area contributed by atoms with Crippen molar-refractivity contribution in [2.45, 2.75) is 129 Å². The third-order valence-corrected chi connectivity index (χ3v) is 16.0. The van der Waals surface area contributed by atoms with Crippen molar-refractivity contribution in [1.29, 1.82) is 0 Å². The summed E-state index contributed by atoms with van der Waals surface area (Å²) in [5.74, 6) is 1.60. The maximum absolute atomic E-state index is 14.3. The van der Waals surface area contributed by atoms with Gasteiger partial charge in [0.05, 0.1) is 29.2 Å². The maximum atomic E-state index is 14.3. The highest BCUT2D eigenvalue weighted by Gasteiger charge is 2.65. The van der Waals surface area contributed by atoms with Crippen molar-refractivity contribution in [1.82, 2.24) is 10.1 Å². The van der Waals surface area contributed by atoms with Crippen LogP contribution in [0, 0.1) is 30.6 Å². The zero-order valence-corrected chi connectivity index (χ0v) is 37.6. The van der Waals surface area contributed by atoms with Gasteiger partial charge in [0.1, 0.15) is 29.6 Å². The van der Waals surface area contributed by atoms with Crippen molar-refractivity contribution >= 4 is 43.5 Å². The average Bonchev–Trinajstić information content (AvgIpc) is 3.97. The molecule has 2 heterocycles. The van der Waals surface area contributed by atoms with Gasteiger partial charge in [-0.3, -0.25) is 24.0 Å². The number of anilines is 1. The number of hydrogen-bond acceptors (Lipinski definition) is 11. The molecule has 3 aliphatic carbocycles. The van der Waals surface area contributed by atoms with Crippen LogP contribution in [0.25, 0.3) is 11.1 Å². The standard InChI is InChI=1S/C34H44N4O6S.C10H16O4S/c1-6-8-15-31-35-34(18-11-12-19-34)33(39)37(31)21-26-16-17-28(27(20-26)22-43-7-2)29-13-9-10-14-30(29)45(40,41)38(23-42-5)32-24(3)25(4)44-36-32;1-9(2)7-3-4-10(9,8(11)5-7)6-15(12,13)14/h9-10,13-14,16-17,20H,6-8,11-12,15,18-19,21-23H2,1-5H3;7H,3-6H2,1-2H3,(H,12,13,14). The Kier molecular flexibility index (Phi) is 13.5. The van der Waals surface area contributed by atoms with E-state index in [1.165, 1.54) is 7.11 Å². The summed E-state index contributed by atoms with van der Waals surface area (Å²) in [7, 11) is -6.77. The molecule has 2 bridgehead atoms. The van der Waals surface area contributed by atoms with E-state index in [9.17, 15) is 26.4 Å². The summed E-state index contributed by atoms with van der Waals surface area (Å²) < 4.78 is 77.1. The average molecular weight is 869 g/mol. The van der Waals surface area contributed by atoms with Gasteiger partial charge in [-0.2, -0.15) is 8.42 Å². The zero-order chi connectivity index (χ0) is 43.7. The number of carbonyl (C=O) groups is 2. The number of fused-ring (bicyclic) bond motifs is 2. The SMILES string of the molecule is CC1(C)C2CCC1(CS(=O)(=O)O)C(=O)C2.CCCCC1=NC2(CCCC2)C(=O)N1Cc1ccc(-c2ccccc2S(=O)(=O)N(COC)c2noc(C)c2C)c(COCC)c1. The van der Waals surface area contributed by atoms with Gasteiger partial charge < -0.3 is 14.0 Å². The molecule has 3 fully saturated rings. The van der Waals surface area contributed by atoms with Crippen LogP contribution in [-0.2, 0) is 52.4 Å². The molecule has 4 aliphatic rings. The number of ketones is 1. The van der Waals surface area contributed by atoms with Crippen LogP contribution < -0.4 is 4.31 Å². The van der Waals surface area contributed by atoms with Gasteiger partial charge in [0.15, 0.2) is 5.82 Å². The van der Waals surface area contributed by atoms with Gasteiger partial charge in [0.2, 0.25) is 0 Å². The maximum Gasteiger partial charge on any atom is 0.268 e. The Bertz CT molecular complexity index is 2330. The van der Waals surface area contributed by atoms with Crippen LogP contribution in [0.3, 0.4) is 0 Å². The number of Topliss-reactive ketones (excluding diaryl/α,β-unsaturated/α-hetero) is 1. The molecular formula is C44H60N4O10S2. The summed E-state index contributed by atoms with van der Waals surface area (Å²) in [5.41, 5.74) is 1.94. The Morgan fingerprint density at radius 1 is 1.00 bits per heavy atom. The fraction of sp³-hybridized carbons (Fsp3) is 0.591. The zero-order valence-electron chi connectivity index (χ0n) is 36.0. The Labute approximate surface area is 354 Å². The number of nitrogens with zero attached hydrogens (tertiary/aromatic N) is 4. The molecule has 2 unspecified atom stereocenters. The second kappa shape index (κ2) is 17.8. The lowest BCUT2D eigenvalue weighted by Gasteiger charge is -2.35. The first kappa shape index (κ1) is 45.6. The van der Waals surface area contributed by atoms with Gasteiger partial charge in [0.25, 0.3) is 26.0 Å². The number of aryl methyl sites for hydroxylation is 1. The lowest BCUT2D eigenvalue weighted by molar-refractivity contribution is -0.131. The number of amides is 1. The molecule has 2 aromatic carbocycles. The van der Waals surface area contributed by atoms with Gasteiger partial charge in [-0.1, -0.05) is 81.6 Å². The minimum Gasteiger partial charge on any atom is -0.377 e. The number of rotatable bonds is 16. The Hall–Kier alpha value is -3.96. The molecule has 1 amide bonds. The van der Waals surface area contributed by atoms with E-state index in [1.807, 2.05) is 49.9 Å². The summed E-state index contributed by atoms with van der Waals surface area (Å²) in [6.07, 6.45) is 8.43. The summed E-state index contributed by atoms with van der Waals surface area (Å²) in [6.45, 7) is 12.4. The van der Waals surface area contributed by atoms with E-state index in [0.717, 1.165) is 78.2 Å². The number of aliphatic imine (C=N–C) groups is 1. The number of hydrogen-bond donors (Lipinski definition) is 1. The van der Waals surface area contributed by atoms with Crippen LogP contribution in [0.2, 0.25) is 0 Å². The molecule has 60 heavy (non-hydrogen) atoms. The number of ether oxygens (including phenoxy) is 2. The Balaban J connectivity index is 0.000000336. The molecule has 1 aliphatic heterocycles. The molecule has 328 valence electrons. The quantitative estimate of drug-likeness (QED) is 0.109. The van der Waals surface area contributed by atoms with Crippen molar-refractivity contribution < 1.29 is 45.0 Å². The van der Waals surface area contributed by atoms with E-state index in [2.05, 4.69) is 12.1 Å². The van der Waals surface area contributed by atoms with Crippen molar-refractivity contribution in [2.75, 3.05) is 30.5 Å². The molecule has 3 saturated carbocycles. The van der Waals surface area contributed by atoms with Crippen LogP contribution in [0.1, 0.15) is 114 Å². The highest BCUT2D eigenvalue weighted by molar-refractivity contribution is 7.93. The summed E-state index contributed by atoms with van der Waals surface area (Å²) in [4.78, 5) is 32.7. The second-order valence-corrected chi connectivity index (χ2v) is 20.5. The monoisotopic (exact) mass is 868 g/mol. The van der Waals surface area contributed by atoms with Gasteiger partial charge >= 0.3 is 0 Å². The summed E-state index contributed by atoms with van der Waals surface area (Å²) in [5, 5.41) is 4.03. The minimum absolute atomic E-state index is 0.0152. The topological polar surface area (TPSA) is 186 Å². The van der Waals surface area contributed by atoms with Gasteiger partial charge in [0, 0.05) is 37.7 Å². The molecule has 1 aromatic heterocycles. The second-order valence-electron chi connectivity index (χ2n) is 17.2. The predicted molar refractivity (Wildman–Crippen MR) is 228 cm³/mol. The highest BCUT2D eigenvalue weighted by atomic mass is 32.2. The molecular weight excluding hydrogens is 809 g/mol. The molecule has 0 saturated heterocycles. The lowest BCUT2D eigenvalue weighted by Crippen LogP contribution is -2.42. The van der Waals surface area contributed by atoms with Crippen LogP contribution in [0.15, 0.2) is 56.9 Å². The molecule has 1 spiro atoms. The third-order valence-electron chi connectivity index (χ3n) is 13.4. The lowest BCUT2D eigenvalue weighted by atomic mass is 9.70. The number of aromatic nitrogens is 1. The van der Waals surface area contributed by atoms with E-state index in [1.54, 1.807) is 32.0 Å². The predicted octanol–water partition coefficient (Wildman–Crippen LogP) is 7.81. The Morgan fingerprint density at radius 2 is 1.72 bits per heavy atom. The highest BCUT2D eigenvalue weighted by Crippen LogP contribution is 2.64. The number of methoxy groups -OCH3 is 1. The first-order chi connectivity index (χ1) is 28.4. The van der Waals surface area contributed by atoms with Crippen molar-refractivity contribution in [3.05, 3.63) is 64.9 Å². The van der Waals surface area contributed by atoms with E-state index in [4.69, 9.17) is 23.5 Å². The third kappa shape index (κ3) is 8.59. The summed E-state index contributed by atoms with van der Waals surface area (Å²) >= 11 is 0. The van der Waals surface area contributed by atoms with E-state index in [-0.39, 0.29) is 47.1 Å². The number of unbranched alkanes of at least 4 members (excludes halogenated alkanes) is 1. The van der Waals surface area contributed by atoms with E-state index < -0.39 is 36.8 Å². The van der Waals surface area contributed by atoms with Gasteiger partial charge in [-0.25, -0.2) is 12.7 Å². The number of amidine groups is 1. The largest absolute Gasteiger partial charge is 0.377 e. The number of carbonyl (C=O) groups excluding carboxylic acids is 2. The van der Waals surface area contributed by atoms with Gasteiger partial charge in [-0.05, 0) is 87.0 Å². The van der Waals surface area contributed by atoms with E-state index in [0.29, 0.717) is 42.9 Å². The van der Waals surface area contributed by atoms with E-state index >= 15 is 0 Å². The molecule has 14 nitrogen and oxygen atoms in total. The van der Waals surface area contributed by atoms with Crippen LogP contribution in [0.5, 0.6) is 0 Å². The smallest absolute Gasteiger partial charge is 0.268 e. The Morgan fingerprint density at radius 3 is 2.30 bits per heavy atom. The molecule has 2 atom stereocenters. The molecule has 0 radical (unpaired) electrons. The van der Waals surface area contributed by atoms with Crippen LogP contribution in [-0.4, -0.2) is 80.7 Å². The number of sulfonamides is 1.